The van der Waals surface area contributed by atoms with Gasteiger partial charge in [-0.25, -0.2) is 8.42 Å². The largest absolute Gasteiger partial charge is 0.489 e. The van der Waals surface area contributed by atoms with Gasteiger partial charge in [-0.2, -0.15) is 0 Å². The van der Waals surface area contributed by atoms with Crippen molar-refractivity contribution < 1.29 is 13.2 Å². The quantitative estimate of drug-likeness (QED) is 0.863. The number of nitrogens with two attached hydrogens (primary N) is 1. The molecule has 0 fully saturated rings. The van der Waals surface area contributed by atoms with Gasteiger partial charge in [-0.3, -0.25) is 4.31 Å². The molecule has 0 atom stereocenters. The number of ether oxygens (including phenoxy) is 1. The summed E-state index contributed by atoms with van der Waals surface area (Å²) in [5.74, 6) is 0.569. The van der Waals surface area contributed by atoms with Crippen LogP contribution >= 0.6 is 0 Å². The molecule has 5 nitrogen and oxygen atoms in total. The molecule has 21 heavy (non-hydrogen) atoms. The SMILES string of the molecule is Cc1cccc(N)c1S(=O)(=O)N1CCOc2ccccc21. The number of aryl methyl sites for hydroxylation is 1. The summed E-state index contributed by atoms with van der Waals surface area (Å²) in [6, 6.07) is 12.2. The highest BCUT2D eigenvalue weighted by molar-refractivity contribution is 7.93. The molecule has 0 unspecified atom stereocenters. The Balaban J connectivity index is 2.17. The third-order valence-electron chi connectivity index (χ3n) is 3.48. The van der Waals surface area contributed by atoms with Crippen molar-refractivity contribution in [2.24, 2.45) is 0 Å². The number of anilines is 2. The Kier molecular flexibility index (Phi) is 3.25. The second-order valence-electron chi connectivity index (χ2n) is 4.89. The molecular formula is C15H16N2O3S. The maximum Gasteiger partial charge on any atom is 0.266 e. The van der Waals surface area contributed by atoms with Gasteiger partial charge in [0.25, 0.3) is 10.0 Å². The van der Waals surface area contributed by atoms with Crippen LogP contribution < -0.4 is 14.8 Å². The molecule has 0 amide bonds. The highest BCUT2D eigenvalue weighted by atomic mass is 32.2. The van der Waals surface area contributed by atoms with Gasteiger partial charge in [0.05, 0.1) is 17.9 Å². The van der Waals surface area contributed by atoms with Crippen LogP contribution in [0.3, 0.4) is 0 Å². The number of sulfonamides is 1. The van der Waals surface area contributed by atoms with Crippen molar-refractivity contribution in [1.82, 2.24) is 0 Å². The van der Waals surface area contributed by atoms with Crippen molar-refractivity contribution in [2.75, 3.05) is 23.2 Å². The summed E-state index contributed by atoms with van der Waals surface area (Å²) in [6.45, 7) is 2.34. The Morgan fingerprint density at radius 2 is 1.90 bits per heavy atom. The van der Waals surface area contributed by atoms with E-state index in [4.69, 9.17) is 10.5 Å². The molecule has 1 aliphatic heterocycles. The van der Waals surface area contributed by atoms with Gasteiger partial charge in [0.15, 0.2) is 0 Å². The van der Waals surface area contributed by atoms with E-state index in [0.717, 1.165) is 0 Å². The van der Waals surface area contributed by atoms with Crippen LogP contribution in [0, 0.1) is 6.92 Å². The zero-order valence-electron chi connectivity index (χ0n) is 11.6. The van der Waals surface area contributed by atoms with E-state index in [-0.39, 0.29) is 17.1 Å². The Hall–Kier alpha value is -2.21. The van der Waals surface area contributed by atoms with Crippen LogP contribution in [0.2, 0.25) is 0 Å². The van der Waals surface area contributed by atoms with Crippen LogP contribution in [0.15, 0.2) is 47.4 Å². The van der Waals surface area contributed by atoms with Crippen LogP contribution in [-0.2, 0) is 10.0 Å². The van der Waals surface area contributed by atoms with Crippen LogP contribution in [0.1, 0.15) is 5.56 Å². The van der Waals surface area contributed by atoms with Crippen molar-refractivity contribution in [3.63, 3.8) is 0 Å². The van der Waals surface area contributed by atoms with E-state index in [9.17, 15) is 8.42 Å². The third kappa shape index (κ3) is 2.21. The molecule has 0 bridgehead atoms. The molecule has 0 spiro atoms. The lowest BCUT2D eigenvalue weighted by molar-refractivity contribution is 0.316. The Labute approximate surface area is 124 Å². The summed E-state index contributed by atoms with van der Waals surface area (Å²) in [6.07, 6.45) is 0. The first-order valence-electron chi connectivity index (χ1n) is 6.61. The van der Waals surface area contributed by atoms with E-state index in [0.29, 0.717) is 23.6 Å². The molecule has 0 radical (unpaired) electrons. The maximum atomic E-state index is 13.0. The first kappa shape index (κ1) is 13.8. The number of benzene rings is 2. The number of nitrogens with zero attached hydrogens (tertiary/aromatic N) is 1. The summed E-state index contributed by atoms with van der Waals surface area (Å²) in [5.41, 5.74) is 7.35. The molecule has 1 aliphatic rings. The monoisotopic (exact) mass is 304 g/mol. The highest BCUT2D eigenvalue weighted by Crippen LogP contribution is 2.36. The molecule has 110 valence electrons. The first-order chi connectivity index (χ1) is 10.0. The van der Waals surface area contributed by atoms with Gasteiger partial charge in [0.1, 0.15) is 17.3 Å². The van der Waals surface area contributed by atoms with E-state index < -0.39 is 10.0 Å². The van der Waals surface area contributed by atoms with E-state index in [1.807, 2.05) is 6.07 Å². The number of hydrogen-bond donors (Lipinski definition) is 1. The number of fused-ring (bicyclic) bond motifs is 1. The molecule has 0 saturated heterocycles. The van der Waals surface area contributed by atoms with E-state index in [1.54, 1.807) is 43.3 Å². The van der Waals surface area contributed by atoms with E-state index in [2.05, 4.69) is 0 Å². The number of rotatable bonds is 2. The summed E-state index contributed by atoms with van der Waals surface area (Å²) >= 11 is 0. The first-order valence-corrected chi connectivity index (χ1v) is 8.05. The molecule has 0 aliphatic carbocycles. The average Bonchev–Trinajstić information content (AvgIpc) is 2.46. The Bertz CT molecular complexity index is 767. The maximum absolute atomic E-state index is 13.0. The smallest absolute Gasteiger partial charge is 0.266 e. The summed E-state index contributed by atoms with van der Waals surface area (Å²) in [4.78, 5) is 0.168. The van der Waals surface area contributed by atoms with Crippen molar-refractivity contribution in [3.8, 4) is 5.75 Å². The minimum Gasteiger partial charge on any atom is -0.489 e. The van der Waals surface area contributed by atoms with Crippen molar-refractivity contribution >= 4 is 21.4 Å². The van der Waals surface area contributed by atoms with Crippen LogP contribution in [0.4, 0.5) is 11.4 Å². The molecular weight excluding hydrogens is 288 g/mol. The fourth-order valence-electron chi connectivity index (χ4n) is 2.53. The molecule has 0 aromatic heterocycles. The topological polar surface area (TPSA) is 72.6 Å². The molecule has 6 heteroatoms. The lowest BCUT2D eigenvalue weighted by Crippen LogP contribution is -2.38. The predicted molar refractivity (Wildman–Crippen MR) is 82.1 cm³/mol. The van der Waals surface area contributed by atoms with Crippen LogP contribution in [0.5, 0.6) is 5.75 Å². The molecule has 2 N–H and O–H groups in total. The van der Waals surface area contributed by atoms with Gasteiger partial charge in [-0.05, 0) is 30.7 Å². The van der Waals surface area contributed by atoms with Crippen LogP contribution in [-0.4, -0.2) is 21.6 Å². The summed E-state index contributed by atoms with van der Waals surface area (Å²) < 4.78 is 32.8. The van der Waals surface area contributed by atoms with Gasteiger partial charge in [0, 0.05) is 0 Å². The van der Waals surface area contributed by atoms with Crippen molar-refractivity contribution in [2.45, 2.75) is 11.8 Å². The lowest BCUT2D eigenvalue weighted by atomic mass is 10.2. The molecule has 2 aromatic rings. The van der Waals surface area contributed by atoms with E-state index in [1.165, 1.54) is 4.31 Å². The fourth-order valence-corrected chi connectivity index (χ4v) is 4.32. The van der Waals surface area contributed by atoms with E-state index >= 15 is 0 Å². The number of nitrogen functional groups attached to an aromatic ring is 1. The lowest BCUT2D eigenvalue weighted by Gasteiger charge is -2.31. The Morgan fingerprint density at radius 1 is 1.14 bits per heavy atom. The average molecular weight is 304 g/mol. The van der Waals surface area contributed by atoms with Gasteiger partial charge < -0.3 is 10.5 Å². The molecule has 1 heterocycles. The number of para-hydroxylation sites is 2. The minimum atomic E-state index is -3.71. The fraction of sp³-hybridized carbons (Fsp3) is 0.200. The zero-order chi connectivity index (χ0) is 15.0. The van der Waals surface area contributed by atoms with Crippen molar-refractivity contribution in [3.05, 3.63) is 48.0 Å². The standard InChI is InChI=1S/C15H16N2O3S/c1-11-5-4-6-12(16)15(11)21(18,19)17-9-10-20-14-8-3-2-7-13(14)17/h2-8H,9-10,16H2,1H3. The predicted octanol–water partition coefficient (Wildman–Crippen LogP) is 2.16. The summed E-state index contributed by atoms with van der Waals surface area (Å²) in [5, 5.41) is 0. The zero-order valence-corrected chi connectivity index (χ0v) is 12.4. The molecule has 0 saturated carbocycles. The van der Waals surface area contributed by atoms with Crippen molar-refractivity contribution in [1.29, 1.82) is 0 Å². The minimum absolute atomic E-state index is 0.168. The van der Waals surface area contributed by atoms with Gasteiger partial charge in [0.2, 0.25) is 0 Å². The van der Waals surface area contributed by atoms with Gasteiger partial charge in [-0.1, -0.05) is 24.3 Å². The van der Waals surface area contributed by atoms with Gasteiger partial charge in [-0.15, -0.1) is 0 Å². The molecule has 3 rings (SSSR count). The summed E-state index contributed by atoms with van der Waals surface area (Å²) in [7, 11) is -3.71. The third-order valence-corrected chi connectivity index (χ3v) is 5.51. The molecule has 2 aromatic carbocycles. The van der Waals surface area contributed by atoms with Crippen LogP contribution in [0.25, 0.3) is 0 Å². The second kappa shape index (κ2) is 4.96. The second-order valence-corrected chi connectivity index (χ2v) is 6.69. The number of hydrogen-bond acceptors (Lipinski definition) is 4. The van der Waals surface area contributed by atoms with Gasteiger partial charge >= 0.3 is 0 Å². The normalized spacial score (nSPS) is 14.4. The Morgan fingerprint density at radius 3 is 2.67 bits per heavy atom. The highest BCUT2D eigenvalue weighted by Gasteiger charge is 2.32.